The Morgan fingerprint density at radius 3 is 1.66 bits per heavy atom. The monoisotopic (exact) mass is 451 g/mol. The molecule has 0 spiro atoms. The molecule has 0 aliphatic rings. The minimum Gasteiger partial charge on any atom is -0.481 e. The highest BCUT2D eigenvalue weighted by molar-refractivity contribution is 5.66. The lowest BCUT2D eigenvalue weighted by atomic mass is 9.91. The average molecular weight is 452 g/mol. The van der Waals surface area contributed by atoms with E-state index in [4.69, 9.17) is 5.11 Å². The molecule has 0 aromatic rings. The smallest absolute Gasteiger partial charge is 0.303 e. The Balaban J connectivity index is 3.60. The number of hydrogen-bond acceptors (Lipinski definition) is 2. The van der Waals surface area contributed by atoms with E-state index in [0.29, 0.717) is 6.42 Å². The van der Waals surface area contributed by atoms with Crippen molar-refractivity contribution in [2.24, 2.45) is 5.92 Å². The predicted octanol–water partition coefficient (Wildman–Crippen LogP) is 9.02. The van der Waals surface area contributed by atoms with E-state index in [2.05, 4.69) is 38.1 Å². The Kier molecular flexibility index (Phi) is 24.2. The highest BCUT2D eigenvalue weighted by Gasteiger charge is 2.09. The van der Waals surface area contributed by atoms with Gasteiger partial charge in [-0.05, 0) is 65.1 Å². The third kappa shape index (κ3) is 25.4. The van der Waals surface area contributed by atoms with E-state index in [1.165, 1.54) is 109 Å². The van der Waals surface area contributed by atoms with Gasteiger partial charge in [-0.25, -0.2) is 0 Å². The third-order valence-corrected chi connectivity index (χ3v) is 6.61. The molecule has 0 saturated carbocycles. The van der Waals surface area contributed by atoms with E-state index in [1.807, 2.05) is 0 Å². The molecule has 0 bridgehead atoms. The van der Waals surface area contributed by atoms with Crippen LogP contribution in [0.15, 0.2) is 12.2 Å². The summed E-state index contributed by atoms with van der Waals surface area (Å²) in [5.41, 5.74) is 0. The maximum absolute atomic E-state index is 10.5. The maximum Gasteiger partial charge on any atom is 0.303 e. The normalized spacial score (nSPS) is 12.8. The molecular weight excluding hydrogens is 394 g/mol. The molecule has 0 amide bonds. The van der Waals surface area contributed by atoms with Crippen molar-refractivity contribution < 1.29 is 9.90 Å². The van der Waals surface area contributed by atoms with E-state index in [0.717, 1.165) is 31.6 Å². The maximum atomic E-state index is 10.5. The molecule has 0 aromatic carbocycles. The van der Waals surface area contributed by atoms with E-state index in [1.54, 1.807) is 0 Å². The number of nitrogens with zero attached hydrogens (tertiary/aromatic N) is 1. The van der Waals surface area contributed by atoms with Crippen molar-refractivity contribution in [2.45, 2.75) is 142 Å². The molecular formula is C29H57NO2. The van der Waals surface area contributed by atoms with Crippen LogP contribution in [0.2, 0.25) is 0 Å². The summed E-state index contributed by atoms with van der Waals surface area (Å²) >= 11 is 0. The van der Waals surface area contributed by atoms with Crippen LogP contribution >= 0.6 is 0 Å². The summed E-state index contributed by atoms with van der Waals surface area (Å²) in [6, 6.07) is 0. The Morgan fingerprint density at radius 2 is 1.16 bits per heavy atom. The van der Waals surface area contributed by atoms with Gasteiger partial charge in [-0.2, -0.15) is 0 Å². The van der Waals surface area contributed by atoms with Crippen molar-refractivity contribution in [3.63, 3.8) is 0 Å². The lowest BCUT2D eigenvalue weighted by Crippen LogP contribution is -2.17. The quantitative estimate of drug-likeness (QED) is 0.111. The van der Waals surface area contributed by atoms with Crippen LogP contribution in [0, 0.1) is 5.92 Å². The van der Waals surface area contributed by atoms with Gasteiger partial charge in [-0.3, -0.25) is 4.79 Å². The van der Waals surface area contributed by atoms with Gasteiger partial charge in [0.05, 0.1) is 0 Å². The predicted molar refractivity (Wildman–Crippen MR) is 141 cm³/mol. The molecule has 0 aliphatic carbocycles. The average Bonchev–Trinajstić information content (AvgIpc) is 2.76. The van der Waals surface area contributed by atoms with Gasteiger partial charge in [0.1, 0.15) is 0 Å². The van der Waals surface area contributed by atoms with E-state index in [9.17, 15) is 4.79 Å². The van der Waals surface area contributed by atoms with Crippen molar-refractivity contribution in [3.8, 4) is 0 Å². The SMILES string of the molecule is CCCCCCCCC(CCCCCCCCC=CCCCCCC(=O)O)CCN(C)C. The molecule has 0 heterocycles. The number of unbranched alkanes of at least 4 members (excludes halogenated alkanes) is 14. The lowest BCUT2D eigenvalue weighted by Gasteiger charge is -2.19. The summed E-state index contributed by atoms with van der Waals surface area (Å²) in [6.07, 6.45) is 31.3. The van der Waals surface area contributed by atoms with Crippen LogP contribution < -0.4 is 0 Å². The van der Waals surface area contributed by atoms with Gasteiger partial charge in [-0.1, -0.05) is 109 Å². The number of carbonyl (C=O) groups is 1. The number of carboxylic acid groups (broad SMARTS) is 1. The molecule has 0 aromatic heterocycles. The van der Waals surface area contributed by atoms with Crippen LogP contribution in [-0.2, 0) is 4.79 Å². The second kappa shape index (κ2) is 24.8. The summed E-state index contributed by atoms with van der Waals surface area (Å²) in [7, 11) is 4.42. The zero-order valence-corrected chi connectivity index (χ0v) is 22.1. The minimum atomic E-state index is -0.669. The van der Waals surface area contributed by atoms with E-state index in [-0.39, 0.29) is 0 Å². The molecule has 0 fully saturated rings. The zero-order valence-electron chi connectivity index (χ0n) is 22.1. The fourth-order valence-electron chi connectivity index (χ4n) is 4.44. The highest BCUT2D eigenvalue weighted by Crippen LogP contribution is 2.22. The third-order valence-electron chi connectivity index (χ3n) is 6.61. The molecule has 0 aliphatic heterocycles. The first-order valence-electron chi connectivity index (χ1n) is 14.1. The van der Waals surface area contributed by atoms with Gasteiger partial charge in [0.25, 0.3) is 0 Å². The standard InChI is InChI=1S/C29H57NO2/c1-4-5-6-7-17-20-23-28(26-27-30(2)3)24-21-18-15-13-11-9-8-10-12-14-16-19-22-25-29(31)32/h10,12,28H,4-9,11,13-27H2,1-3H3,(H,31,32). The Hall–Kier alpha value is -0.830. The van der Waals surface area contributed by atoms with Crippen molar-refractivity contribution in [3.05, 3.63) is 12.2 Å². The Bertz CT molecular complexity index is 419. The number of aliphatic carboxylic acids is 1. The topological polar surface area (TPSA) is 40.5 Å². The molecule has 0 rings (SSSR count). The summed E-state index contributed by atoms with van der Waals surface area (Å²) in [4.78, 5) is 12.8. The number of hydrogen-bond donors (Lipinski definition) is 1. The fraction of sp³-hybridized carbons (Fsp3) is 0.897. The molecule has 3 nitrogen and oxygen atoms in total. The van der Waals surface area contributed by atoms with Crippen LogP contribution in [-0.4, -0.2) is 36.6 Å². The molecule has 0 radical (unpaired) electrons. The van der Waals surface area contributed by atoms with Crippen molar-refractivity contribution in [1.29, 1.82) is 0 Å². The van der Waals surface area contributed by atoms with Gasteiger partial charge in [0.2, 0.25) is 0 Å². The first kappa shape index (κ1) is 31.2. The first-order chi connectivity index (χ1) is 15.6. The van der Waals surface area contributed by atoms with Gasteiger partial charge in [-0.15, -0.1) is 0 Å². The van der Waals surface area contributed by atoms with Gasteiger partial charge < -0.3 is 10.0 Å². The fourth-order valence-corrected chi connectivity index (χ4v) is 4.44. The van der Waals surface area contributed by atoms with Crippen LogP contribution in [0.4, 0.5) is 0 Å². The van der Waals surface area contributed by atoms with E-state index < -0.39 is 5.97 Å². The summed E-state index contributed by atoms with van der Waals surface area (Å²) < 4.78 is 0. The van der Waals surface area contributed by atoms with Gasteiger partial charge >= 0.3 is 5.97 Å². The number of carboxylic acids is 1. The summed E-state index contributed by atoms with van der Waals surface area (Å²) in [5, 5.41) is 8.61. The lowest BCUT2D eigenvalue weighted by molar-refractivity contribution is -0.137. The second-order valence-corrected chi connectivity index (χ2v) is 10.2. The van der Waals surface area contributed by atoms with Crippen LogP contribution in [0.25, 0.3) is 0 Å². The molecule has 3 heteroatoms. The molecule has 0 saturated heterocycles. The number of rotatable bonds is 25. The van der Waals surface area contributed by atoms with E-state index >= 15 is 0 Å². The van der Waals surface area contributed by atoms with Crippen LogP contribution in [0.5, 0.6) is 0 Å². The van der Waals surface area contributed by atoms with Crippen LogP contribution in [0.1, 0.15) is 142 Å². The van der Waals surface area contributed by atoms with Crippen LogP contribution in [0.3, 0.4) is 0 Å². The summed E-state index contributed by atoms with van der Waals surface area (Å²) in [6.45, 7) is 3.54. The van der Waals surface area contributed by atoms with Gasteiger partial charge in [0, 0.05) is 6.42 Å². The van der Waals surface area contributed by atoms with Crippen molar-refractivity contribution >= 4 is 5.97 Å². The molecule has 1 N–H and O–H groups in total. The molecule has 1 unspecified atom stereocenters. The Morgan fingerprint density at radius 1 is 0.688 bits per heavy atom. The van der Waals surface area contributed by atoms with Crippen molar-refractivity contribution in [2.75, 3.05) is 20.6 Å². The number of allylic oxidation sites excluding steroid dienone is 2. The van der Waals surface area contributed by atoms with Crippen molar-refractivity contribution in [1.82, 2.24) is 4.90 Å². The largest absolute Gasteiger partial charge is 0.481 e. The first-order valence-corrected chi connectivity index (χ1v) is 14.1. The Labute approximate surface area is 201 Å². The second-order valence-electron chi connectivity index (χ2n) is 10.2. The zero-order chi connectivity index (χ0) is 23.7. The minimum absolute atomic E-state index is 0.319. The highest BCUT2D eigenvalue weighted by atomic mass is 16.4. The summed E-state index contributed by atoms with van der Waals surface area (Å²) in [5.74, 6) is 0.274. The van der Waals surface area contributed by atoms with Gasteiger partial charge in [0.15, 0.2) is 0 Å². The molecule has 1 atom stereocenters. The molecule has 190 valence electrons. The molecule has 32 heavy (non-hydrogen) atoms.